The Balaban J connectivity index is 3.99. The van der Waals surface area contributed by atoms with Gasteiger partial charge in [-0.3, -0.25) is 20.4 Å². The van der Waals surface area contributed by atoms with Crippen LogP contribution in [0.4, 0.5) is 0 Å². The van der Waals surface area contributed by atoms with Crippen molar-refractivity contribution in [3.8, 4) is 0 Å². The van der Waals surface area contributed by atoms with Crippen LogP contribution in [0.15, 0.2) is 0 Å². The first-order valence-electron chi connectivity index (χ1n) is 3.32. The van der Waals surface area contributed by atoms with Crippen molar-refractivity contribution in [1.29, 1.82) is 0 Å². The minimum Gasteiger partial charge on any atom is -0.308 e. The minimum absolute atomic E-state index is 0.0456. The lowest BCUT2D eigenvalue weighted by Crippen LogP contribution is -2.48. The highest BCUT2D eigenvalue weighted by atomic mass is 16.2. The van der Waals surface area contributed by atoms with Gasteiger partial charge in [0.05, 0.1) is 12.5 Å². The molecule has 0 bridgehead atoms. The van der Waals surface area contributed by atoms with Gasteiger partial charge in [0.15, 0.2) is 0 Å². The fraction of sp³-hybridized carbons (Fsp3) is 0.600. The smallest absolute Gasteiger partial charge is 0.251 e. The zero-order chi connectivity index (χ0) is 9.56. The van der Waals surface area contributed by atoms with Gasteiger partial charge >= 0.3 is 0 Å². The molecule has 0 aliphatic rings. The monoisotopic (exact) mass is 175 g/mol. The summed E-state index contributed by atoms with van der Waals surface area (Å²) in [4.78, 5) is 21.6. The number of hydrogen-bond acceptors (Lipinski definition) is 5. The maximum absolute atomic E-state index is 10.9. The van der Waals surface area contributed by atoms with Crippen LogP contribution < -0.4 is 27.9 Å². The van der Waals surface area contributed by atoms with Crippen LogP contribution in [0.2, 0.25) is 0 Å². The number of nitrogens with two attached hydrogens (primary N) is 2. The molecular weight excluding hydrogens is 162 g/mol. The highest BCUT2D eigenvalue weighted by Crippen LogP contribution is 1.89. The van der Waals surface area contributed by atoms with Crippen LogP contribution >= 0.6 is 0 Å². The van der Waals surface area contributed by atoms with Gasteiger partial charge in [0.1, 0.15) is 0 Å². The summed E-state index contributed by atoms with van der Waals surface area (Å²) in [6, 6.07) is -0.654. The summed E-state index contributed by atoms with van der Waals surface area (Å²) >= 11 is 0. The molecular formula is C5H13N5O2. The Labute approximate surface area is 69.8 Å². The van der Waals surface area contributed by atoms with Gasteiger partial charge in [0.2, 0.25) is 5.91 Å². The van der Waals surface area contributed by atoms with E-state index in [-0.39, 0.29) is 6.42 Å². The van der Waals surface area contributed by atoms with Crippen LogP contribution in [0.25, 0.3) is 0 Å². The number of carbonyl (C=O) groups is 2. The first-order valence-corrected chi connectivity index (χ1v) is 3.32. The number of hydrazine groups is 2. The Morgan fingerprint density at radius 3 is 2.25 bits per heavy atom. The number of nitrogens with one attached hydrogen (secondary N) is 3. The fourth-order valence-electron chi connectivity index (χ4n) is 0.671. The molecule has 0 saturated heterocycles. The van der Waals surface area contributed by atoms with E-state index < -0.39 is 17.9 Å². The molecule has 0 saturated carbocycles. The molecule has 7 N–H and O–H groups in total. The van der Waals surface area contributed by atoms with E-state index in [1.165, 1.54) is 0 Å². The molecule has 1 atom stereocenters. The lowest BCUT2D eigenvalue weighted by atomic mass is 10.2. The number of hydrogen-bond donors (Lipinski definition) is 5. The Kier molecular flexibility index (Phi) is 4.93. The van der Waals surface area contributed by atoms with Crippen molar-refractivity contribution >= 4 is 11.8 Å². The molecule has 7 heteroatoms. The van der Waals surface area contributed by atoms with E-state index in [0.717, 1.165) is 0 Å². The standard InChI is InChI=1S/C5H13N5O2/c1-8-3(5(12)10-7)2-4(11)9-6/h3,8H,2,6-7H2,1H3,(H,9,11)(H,10,12). The molecule has 0 heterocycles. The van der Waals surface area contributed by atoms with Crippen molar-refractivity contribution in [3.05, 3.63) is 0 Å². The third kappa shape index (κ3) is 3.28. The van der Waals surface area contributed by atoms with Gasteiger partial charge in [0, 0.05) is 0 Å². The predicted octanol–water partition coefficient (Wildman–Crippen LogP) is -3.06. The summed E-state index contributed by atoms with van der Waals surface area (Å²) < 4.78 is 0. The van der Waals surface area contributed by atoms with Crippen molar-refractivity contribution in [2.24, 2.45) is 11.7 Å². The number of amides is 2. The molecule has 1 unspecified atom stereocenters. The van der Waals surface area contributed by atoms with E-state index >= 15 is 0 Å². The maximum atomic E-state index is 10.9. The fourth-order valence-corrected chi connectivity index (χ4v) is 0.671. The second-order valence-corrected chi connectivity index (χ2v) is 2.12. The topological polar surface area (TPSA) is 122 Å². The summed E-state index contributed by atoms with van der Waals surface area (Å²) in [5, 5.41) is 2.61. The lowest BCUT2D eigenvalue weighted by Gasteiger charge is -2.12. The molecule has 7 nitrogen and oxygen atoms in total. The largest absolute Gasteiger partial charge is 0.308 e. The molecule has 0 spiro atoms. The Bertz CT molecular complexity index is 171. The summed E-state index contributed by atoms with van der Waals surface area (Å²) in [6.45, 7) is 0. The van der Waals surface area contributed by atoms with Crippen LogP contribution in [-0.4, -0.2) is 24.9 Å². The Hall–Kier alpha value is -1.18. The molecule has 0 aliphatic heterocycles. The average molecular weight is 175 g/mol. The third-order valence-electron chi connectivity index (χ3n) is 1.36. The second kappa shape index (κ2) is 5.47. The summed E-state index contributed by atoms with van der Waals surface area (Å²) in [7, 11) is 1.55. The maximum Gasteiger partial charge on any atom is 0.251 e. The van der Waals surface area contributed by atoms with Crippen molar-refractivity contribution in [2.45, 2.75) is 12.5 Å². The van der Waals surface area contributed by atoms with Crippen molar-refractivity contribution in [2.75, 3.05) is 7.05 Å². The van der Waals surface area contributed by atoms with E-state index in [0.29, 0.717) is 0 Å². The highest BCUT2D eigenvalue weighted by molar-refractivity contribution is 5.87. The lowest BCUT2D eigenvalue weighted by molar-refractivity contribution is -0.128. The van der Waals surface area contributed by atoms with E-state index in [1.807, 2.05) is 10.9 Å². The van der Waals surface area contributed by atoms with E-state index in [1.54, 1.807) is 7.05 Å². The van der Waals surface area contributed by atoms with Gasteiger partial charge in [-0.05, 0) is 7.05 Å². The van der Waals surface area contributed by atoms with Crippen LogP contribution in [0.3, 0.4) is 0 Å². The minimum atomic E-state index is -0.654. The second-order valence-electron chi connectivity index (χ2n) is 2.12. The molecule has 0 fully saturated rings. The molecule has 0 aromatic rings. The molecule has 0 rings (SSSR count). The first kappa shape index (κ1) is 10.8. The molecule has 2 amide bonds. The first-order chi connectivity index (χ1) is 5.65. The van der Waals surface area contributed by atoms with Crippen LogP contribution in [0.1, 0.15) is 6.42 Å². The van der Waals surface area contributed by atoms with E-state index in [4.69, 9.17) is 11.7 Å². The van der Waals surface area contributed by atoms with E-state index in [9.17, 15) is 9.59 Å². The zero-order valence-corrected chi connectivity index (χ0v) is 6.76. The van der Waals surface area contributed by atoms with Crippen LogP contribution in [-0.2, 0) is 9.59 Å². The van der Waals surface area contributed by atoms with Crippen molar-refractivity contribution < 1.29 is 9.59 Å². The summed E-state index contributed by atoms with van der Waals surface area (Å²) in [5.74, 6) is 8.80. The van der Waals surface area contributed by atoms with Gasteiger partial charge < -0.3 is 5.32 Å². The average Bonchev–Trinajstić information content (AvgIpc) is 2.12. The summed E-state index contributed by atoms with van der Waals surface area (Å²) in [6.07, 6.45) is -0.0456. The molecule has 0 aromatic carbocycles. The zero-order valence-electron chi connectivity index (χ0n) is 6.76. The Morgan fingerprint density at radius 2 is 1.92 bits per heavy atom. The Morgan fingerprint density at radius 1 is 1.33 bits per heavy atom. The molecule has 12 heavy (non-hydrogen) atoms. The van der Waals surface area contributed by atoms with E-state index in [2.05, 4.69) is 5.32 Å². The van der Waals surface area contributed by atoms with Gasteiger partial charge in [-0.15, -0.1) is 0 Å². The highest BCUT2D eigenvalue weighted by Gasteiger charge is 2.18. The molecule has 0 radical (unpaired) electrons. The third-order valence-corrected chi connectivity index (χ3v) is 1.36. The van der Waals surface area contributed by atoms with Crippen molar-refractivity contribution in [3.63, 3.8) is 0 Å². The molecule has 0 aliphatic carbocycles. The summed E-state index contributed by atoms with van der Waals surface area (Å²) in [5.41, 5.74) is 3.83. The van der Waals surface area contributed by atoms with Crippen molar-refractivity contribution in [1.82, 2.24) is 16.2 Å². The van der Waals surface area contributed by atoms with Gasteiger partial charge in [0.25, 0.3) is 5.91 Å². The van der Waals surface area contributed by atoms with Crippen LogP contribution in [0, 0.1) is 0 Å². The number of rotatable bonds is 4. The quantitative estimate of drug-likeness (QED) is 0.176. The normalized spacial score (nSPS) is 11.9. The van der Waals surface area contributed by atoms with Crippen LogP contribution in [0.5, 0.6) is 0 Å². The number of likely N-dealkylation sites (N-methyl/N-ethyl adjacent to an activating group) is 1. The molecule has 70 valence electrons. The number of carbonyl (C=O) groups excluding carboxylic acids is 2. The molecule has 0 aromatic heterocycles. The van der Waals surface area contributed by atoms with Gasteiger partial charge in [-0.25, -0.2) is 11.7 Å². The van der Waals surface area contributed by atoms with Gasteiger partial charge in [-0.1, -0.05) is 0 Å². The van der Waals surface area contributed by atoms with Gasteiger partial charge in [-0.2, -0.15) is 0 Å². The SMILES string of the molecule is CNC(CC(=O)NN)C(=O)NN. The predicted molar refractivity (Wildman–Crippen MR) is 42.1 cm³/mol.